The zero-order chi connectivity index (χ0) is 24.5. The number of piperidine rings is 1. The highest BCUT2D eigenvalue weighted by molar-refractivity contribution is 5.74. The number of hydrogen-bond acceptors (Lipinski definition) is 7. The van der Waals surface area contributed by atoms with Gasteiger partial charge in [-0.2, -0.15) is 0 Å². The quantitative estimate of drug-likeness (QED) is 0.659. The van der Waals surface area contributed by atoms with Gasteiger partial charge in [-0.05, 0) is 18.2 Å². The van der Waals surface area contributed by atoms with Gasteiger partial charge >= 0.3 is 0 Å². The van der Waals surface area contributed by atoms with Crippen molar-refractivity contribution in [3.05, 3.63) is 53.6 Å². The molecule has 10 heteroatoms. The summed E-state index contributed by atoms with van der Waals surface area (Å²) in [5.41, 5.74) is 2.23. The molecule has 1 saturated heterocycles. The molecule has 2 aromatic rings. The van der Waals surface area contributed by atoms with Gasteiger partial charge in [0.15, 0.2) is 28.9 Å². The second-order valence-corrected chi connectivity index (χ2v) is 9.21. The van der Waals surface area contributed by atoms with Crippen LogP contribution in [0.5, 0.6) is 0 Å². The Hall–Kier alpha value is -3.43. The van der Waals surface area contributed by atoms with Gasteiger partial charge in [-0.1, -0.05) is 6.92 Å². The topological polar surface area (TPSA) is 84.3 Å². The fraction of sp³-hybridized carbons (Fsp3) is 0.480. The largest absolute Gasteiger partial charge is 0.488 e. The molecule has 1 amide bonds. The van der Waals surface area contributed by atoms with Crippen molar-refractivity contribution >= 4 is 11.7 Å². The van der Waals surface area contributed by atoms with Crippen LogP contribution in [-0.4, -0.2) is 62.7 Å². The average molecular weight is 483 g/mol. The fourth-order valence-electron chi connectivity index (χ4n) is 4.63. The van der Waals surface area contributed by atoms with E-state index in [0.29, 0.717) is 62.8 Å². The lowest BCUT2D eigenvalue weighted by atomic mass is 9.99. The predicted molar refractivity (Wildman–Crippen MR) is 126 cm³/mol. The molecule has 8 nitrogen and oxygen atoms in total. The number of anilines is 1. The molecule has 0 N–H and O–H groups in total. The summed E-state index contributed by atoms with van der Waals surface area (Å²) in [5, 5.41) is 0. The molecular formula is C25H28F2N6O2. The lowest BCUT2D eigenvalue weighted by Gasteiger charge is -2.35. The van der Waals surface area contributed by atoms with E-state index in [-0.39, 0.29) is 17.8 Å². The summed E-state index contributed by atoms with van der Waals surface area (Å²) in [4.78, 5) is 34.4. The first-order valence-electron chi connectivity index (χ1n) is 12.0. The molecule has 35 heavy (non-hydrogen) atoms. The van der Waals surface area contributed by atoms with E-state index in [9.17, 15) is 13.6 Å². The van der Waals surface area contributed by atoms with Crippen molar-refractivity contribution in [1.29, 1.82) is 0 Å². The Morgan fingerprint density at radius 3 is 2.54 bits per heavy atom. The molecule has 2 aromatic heterocycles. The van der Waals surface area contributed by atoms with E-state index in [0.717, 1.165) is 17.5 Å². The Morgan fingerprint density at radius 1 is 1.09 bits per heavy atom. The Labute approximate surface area is 202 Å². The number of rotatable bonds is 4. The normalized spacial score (nSPS) is 22.9. The smallest absolute Gasteiger partial charge is 0.219 e. The maximum atomic E-state index is 14.2. The van der Waals surface area contributed by atoms with Crippen LogP contribution in [0.3, 0.4) is 0 Å². The van der Waals surface area contributed by atoms with E-state index in [2.05, 4.69) is 14.9 Å². The first-order chi connectivity index (χ1) is 16.9. The molecule has 0 spiro atoms. The summed E-state index contributed by atoms with van der Waals surface area (Å²) in [7, 11) is 0. The van der Waals surface area contributed by atoms with Crippen LogP contribution in [0.15, 0.2) is 42.2 Å². The number of hydrogen-bond donors (Lipinski definition) is 0. The lowest BCUT2D eigenvalue weighted by Crippen LogP contribution is -2.39. The van der Waals surface area contributed by atoms with Crippen molar-refractivity contribution in [2.75, 3.05) is 24.5 Å². The van der Waals surface area contributed by atoms with E-state index >= 15 is 0 Å². The number of fused-ring (bicyclic) bond motifs is 1. The minimum Gasteiger partial charge on any atom is -0.488 e. The zero-order valence-corrected chi connectivity index (χ0v) is 19.8. The maximum absolute atomic E-state index is 14.2. The molecule has 3 aliphatic rings. The van der Waals surface area contributed by atoms with Gasteiger partial charge in [0.1, 0.15) is 12.3 Å². The third kappa shape index (κ3) is 4.87. The number of carbonyl (C=O) groups excluding carboxylic acids is 1. The van der Waals surface area contributed by atoms with Crippen LogP contribution in [0.2, 0.25) is 0 Å². The first-order valence-corrected chi connectivity index (χ1v) is 12.0. The van der Waals surface area contributed by atoms with Gasteiger partial charge in [0, 0.05) is 64.1 Å². The van der Waals surface area contributed by atoms with Crippen molar-refractivity contribution in [1.82, 2.24) is 24.8 Å². The van der Waals surface area contributed by atoms with Gasteiger partial charge in [-0.25, -0.2) is 28.7 Å². The fourth-order valence-corrected chi connectivity index (χ4v) is 4.63. The van der Waals surface area contributed by atoms with Gasteiger partial charge in [0.2, 0.25) is 5.91 Å². The predicted octanol–water partition coefficient (Wildman–Crippen LogP) is 3.55. The van der Waals surface area contributed by atoms with Gasteiger partial charge in [-0.15, -0.1) is 0 Å². The number of amides is 1. The average Bonchev–Trinajstić information content (AvgIpc) is 2.87. The molecule has 1 aliphatic carbocycles. The summed E-state index contributed by atoms with van der Waals surface area (Å²) in [5.74, 6) is 0.278. The van der Waals surface area contributed by atoms with E-state index in [1.165, 1.54) is 6.08 Å². The number of carbonyl (C=O) groups is 1. The Kier molecular flexibility index (Phi) is 6.44. The molecule has 0 bridgehead atoms. The summed E-state index contributed by atoms with van der Waals surface area (Å²) in [6, 6.07) is 1.74. The van der Waals surface area contributed by atoms with Crippen molar-refractivity contribution in [2.24, 2.45) is 5.92 Å². The van der Waals surface area contributed by atoms with Crippen LogP contribution in [0.4, 0.5) is 14.6 Å². The number of ether oxygens (including phenoxy) is 1. The molecule has 184 valence electrons. The highest BCUT2D eigenvalue weighted by Gasteiger charge is 2.30. The second-order valence-electron chi connectivity index (χ2n) is 9.21. The molecular weight excluding hydrogens is 454 g/mol. The van der Waals surface area contributed by atoms with Crippen LogP contribution in [0.1, 0.15) is 38.1 Å². The Bertz CT molecular complexity index is 1160. The second kappa shape index (κ2) is 9.67. The zero-order valence-electron chi connectivity index (χ0n) is 19.8. The maximum Gasteiger partial charge on any atom is 0.219 e. The van der Waals surface area contributed by atoms with E-state index in [1.54, 1.807) is 37.2 Å². The number of allylic oxidation sites excluding steroid dienone is 3. The molecule has 1 unspecified atom stereocenters. The molecule has 1 fully saturated rings. The molecule has 4 heterocycles. The van der Waals surface area contributed by atoms with Gasteiger partial charge in [0.25, 0.3) is 0 Å². The van der Waals surface area contributed by atoms with Crippen LogP contribution >= 0.6 is 0 Å². The van der Waals surface area contributed by atoms with Gasteiger partial charge < -0.3 is 14.5 Å². The van der Waals surface area contributed by atoms with E-state index in [4.69, 9.17) is 14.7 Å². The minimum atomic E-state index is -1.33. The van der Waals surface area contributed by atoms with Crippen molar-refractivity contribution in [3.63, 3.8) is 0 Å². The van der Waals surface area contributed by atoms with Crippen molar-refractivity contribution in [3.8, 4) is 11.5 Å². The van der Waals surface area contributed by atoms with Gasteiger partial charge in [0.05, 0.1) is 17.9 Å². The molecule has 0 saturated carbocycles. The summed E-state index contributed by atoms with van der Waals surface area (Å²) in [6.45, 7) is 5.56. The summed E-state index contributed by atoms with van der Waals surface area (Å²) < 4.78 is 33.8. The lowest BCUT2D eigenvalue weighted by molar-refractivity contribution is -0.129. The molecule has 5 rings (SSSR count). The molecule has 2 atom stereocenters. The highest BCUT2D eigenvalue weighted by atomic mass is 19.1. The summed E-state index contributed by atoms with van der Waals surface area (Å²) in [6.07, 6.45) is 6.29. The number of nitrogens with zero attached hydrogens (tertiary/aromatic N) is 6. The third-order valence-electron chi connectivity index (χ3n) is 6.71. The van der Waals surface area contributed by atoms with Crippen LogP contribution in [0.25, 0.3) is 11.5 Å². The van der Waals surface area contributed by atoms with Crippen LogP contribution in [0, 0.1) is 5.92 Å². The number of aromatic nitrogens is 4. The molecule has 0 radical (unpaired) electrons. The van der Waals surface area contributed by atoms with Crippen LogP contribution in [-0.2, 0) is 22.5 Å². The highest BCUT2D eigenvalue weighted by Crippen LogP contribution is 2.33. The SMILES string of the molecule is CC(=O)N1CCc2nc(N3CCC(OC4=CC(C)[C@@H](F)C=C4F)CC3)c(-c3ncccn3)nc2C1. The van der Waals surface area contributed by atoms with Crippen molar-refractivity contribution < 1.29 is 18.3 Å². The van der Waals surface area contributed by atoms with E-state index < -0.39 is 17.9 Å². The first kappa shape index (κ1) is 23.3. The minimum absolute atomic E-state index is 0.0110. The number of halogens is 2. The van der Waals surface area contributed by atoms with Crippen LogP contribution < -0.4 is 4.90 Å². The Balaban J connectivity index is 1.36. The Morgan fingerprint density at radius 2 is 1.83 bits per heavy atom. The number of alkyl halides is 1. The summed E-state index contributed by atoms with van der Waals surface area (Å²) >= 11 is 0. The van der Waals surface area contributed by atoms with Gasteiger partial charge in [-0.3, -0.25) is 4.79 Å². The monoisotopic (exact) mass is 482 g/mol. The third-order valence-corrected chi connectivity index (χ3v) is 6.71. The molecule has 0 aromatic carbocycles. The standard InChI is InChI=1S/C25H28F2N6O2/c1-15-12-22(19(27)13-18(15)26)35-17-4-9-32(10-5-17)25-23(24-28-7-3-8-29-24)30-21-14-33(16(2)34)11-6-20(21)31-25/h3,7-8,12-13,15,17-18H,4-6,9-11,14H2,1-2H3/t15?,18-/m0/s1. The van der Waals surface area contributed by atoms with E-state index in [1.807, 2.05) is 0 Å². The van der Waals surface area contributed by atoms with Crippen molar-refractivity contribution in [2.45, 2.75) is 51.9 Å². The molecule has 2 aliphatic heterocycles.